The monoisotopic (exact) mass is 428 g/mol. The molecular weight excluding hydrogens is 413 g/mol. The average Bonchev–Trinajstić information content (AvgIpc) is 3.15. The van der Waals surface area contributed by atoms with Gasteiger partial charge in [-0.15, -0.1) is 10.2 Å². The molecule has 9 nitrogen and oxygen atoms in total. The van der Waals surface area contributed by atoms with Gasteiger partial charge in [0.25, 0.3) is 0 Å². The minimum atomic E-state index is -4.44. The van der Waals surface area contributed by atoms with Crippen molar-refractivity contribution < 1.29 is 17.9 Å². The van der Waals surface area contributed by atoms with E-state index in [9.17, 15) is 13.2 Å². The Labute approximate surface area is 173 Å². The third-order valence-electron chi connectivity index (χ3n) is 4.01. The van der Waals surface area contributed by atoms with Crippen LogP contribution in [0.2, 0.25) is 0 Å². The molecule has 0 bridgehead atoms. The Morgan fingerprint density at radius 1 is 0.935 bits per heavy atom. The second-order valence-electron chi connectivity index (χ2n) is 6.34. The van der Waals surface area contributed by atoms with Crippen molar-refractivity contribution in [2.24, 2.45) is 0 Å². The minimum Gasteiger partial charge on any atom is -0.439 e. The van der Waals surface area contributed by atoms with Gasteiger partial charge in [-0.25, -0.2) is 0 Å². The number of hydrogen-bond acceptors (Lipinski definition) is 8. The highest BCUT2D eigenvalue weighted by Crippen LogP contribution is 2.31. The largest absolute Gasteiger partial charge is 0.439 e. The summed E-state index contributed by atoms with van der Waals surface area (Å²) in [6.45, 7) is 0. The Morgan fingerprint density at radius 3 is 2.52 bits per heavy atom. The molecule has 0 saturated heterocycles. The van der Waals surface area contributed by atoms with Crippen molar-refractivity contribution in [1.82, 2.24) is 25.1 Å². The molecule has 31 heavy (non-hydrogen) atoms. The Morgan fingerprint density at radius 2 is 1.74 bits per heavy atom. The van der Waals surface area contributed by atoms with Crippen LogP contribution in [-0.4, -0.2) is 25.1 Å². The van der Waals surface area contributed by atoms with Gasteiger partial charge in [0.15, 0.2) is 5.82 Å². The zero-order valence-electron chi connectivity index (χ0n) is 15.7. The van der Waals surface area contributed by atoms with Crippen LogP contribution in [-0.2, 0) is 6.18 Å². The molecule has 6 N–H and O–H groups in total. The van der Waals surface area contributed by atoms with Crippen LogP contribution in [0.5, 0.6) is 11.6 Å². The second-order valence-corrected chi connectivity index (χ2v) is 6.34. The average molecular weight is 428 g/mol. The maximum Gasteiger partial charge on any atom is 0.416 e. The highest BCUT2D eigenvalue weighted by molar-refractivity contribution is 5.61. The Hall–Kier alpha value is -4.35. The van der Waals surface area contributed by atoms with Crippen LogP contribution in [0.15, 0.2) is 54.6 Å². The highest BCUT2D eigenvalue weighted by Gasteiger charge is 2.30. The molecule has 0 saturated carbocycles. The van der Waals surface area contributed by atoms with Crippen LogP contribution in [0.25, 0.3) is 11.4 Å². The SMILES string of the molecule is Nc1cc(Oc2cccc(-c3nnc(Nc4cccc(C(F)(F)F)c4)[nH]3)c2)nc(N)n1. The molecule has 2 aromatic heterocycles. The van der Waals surface area contributed by atoms with Gasteiger partial charge in [0.2, 0.25) is 17.8 Å². The maximum absolute atomic E-state index is 12.9. The van der Waals surface area contributed by atoms with Gasteiger partial charge in [0.1, 0.15) is 11.6 Å². The van der Waals surface area contributed by atoms with Gasteiger partial charge in [0.05, 0.1) is 5.56 Å². The molecule has 12 heteroatoms. The van der Waals surface area contributed by atoms with Crippen molar-refractivity contribution >= 4 is 23.4 Å². The number of benzene rings is 2. The molecule has 0 unspecified atom stereocenters. The number of halogens is 3. The summed E-state index contributed by atoms with van der Waals surface area (Å²) in [6, 6.07) is 13.0. The number of nitrogen functional groups attached to an aromatic ring is 2. The Balaban J connectivity index is 1.52. The van der Waals surface area contributed by atoms with Crippen LogP contribution in [0.1, 0.15) is 5.56 Å². The van der Waals surface area contributed by atoms with Crippen molar-refractivity contribution in [2.75, 3.05) is 16.8 Å². The van der Waals surface area contributed by atoms with E-state index in [1.165, 1.54) is 18.2 Å². The van der Waals surface area contributed by atoms with Gasteiger partial charge in [0, 0.05) is 17.3 Å². The summed E-state index contributed by atoms with van der Waals surface area (Å²) < 4.78 is 44.3. The normalized spacial score (nSPS) is 11.3. The van der Waals surface area contributed by atoms with Crippen molar-refractivity contribution in [3.63, 3.8) is 0 Å². The first-order chi connectivity index (χ1) is 14.8. The highest BCUT2D eigenvalue weighted by atomic mass is 19.4. The van der Waals surface area contributed by atoms with E-state index >= 15 is 0 Å². The van der Waals surface area contributed by atoms with E-state index in [1.54, 1.807) is 24.3 Å². The van der Waals surface area contributed by atoms with Crippen LogP contribution >= 0.6 is 0 Å². The molecule has 4 rings (SSSR count). The number of aromatic nitrogens is 5. The van der Waals surface area contributed by atoms with E-state index in [1.807, 2.05) is 0 Å². The van der Waals surface area contributed by atoms with E-state index in [0.29, 0.717) is 17.1 Å². The number of aromatic amines is 1. The number of hydrogen-bond donors (Lipinski definition) is 4. The molecular formula is C19H15F3N8O. The number of nitrogens with one attached hydrogen (secondary N) is 2. The van der Waals surface area contributed by atoms with Crippen LogP contribution < -0.4 is 21.5 Å². The van der Waals surface area contributed by atoms with E-state index in [-0.39, 0.29) is 29.3 Å². The lowest BCUT2D eigenvalue weighted by Crippen LogP contribution is -2.05. The van der Waals surface area contributed by atoms with E-state index in [0.717, 1.165) is 12.1 Å². The first-order valence-electron chi connectivity index (χ1n) is 8.81. The number of nitrogens with zero attached hydrogens (tertiary/aromatic N) is 4. The van der Waals surface area contributed by atoms with Gasteiger partial charge in [-0.3, -0.25) is 0 Å². The molecule has 4 aromatic rings. The molecule has 2 aromatic carbocycles. The molecule has 0 atom stereocenters. The van der Waals surface area contributed by atoms with Gasteiger partial charge in [-0.05, 0) is 30.3 Å². The first-order valence-corrected chi connectivity index (χ1v) is 8.81. The number of H-pyrrole nitrogens is 1. The molecule has 0 spiro atoms. The zero-order chi connectivity index (χ0) is 22.0. The van der Waals surface area contributed by atoms with Gasteiger partial charge in [-0.2, -0.15) is 23.1 Å². The van der Waals surface area contributed by atoms with E-state index in [2.05, 4.69) is 30.5 Å². The lowest BCUT2D eigenvalue weighted by atomic mass is 10.2. The maximum atomic E-state index is 12.9. The summed E-state index contributed by atoms with van der Waals surface area (Å²) in [4.78, 5) is 10.6. The van der Waals surface area contributed by atoms with Crippen LogP contribution in [0.4, 0.5) is 36.6 Å². The van der Waals surface area contributed by atoms with Crippen molar-refractivity contribution in [3.05, 3.63) is 60.2 Å². The van der Waals surface area contributed by atoms with Crippen molar-refractivity contribution in [1.29, 1.82) is 0 Å². The topological polar surface area (TPSA) is 141 Å². The summed E-state index contributed by atoms with van der Waals surface area (Å²) in [7, 11) is 0. The molecule has 158 valence electrons. The second kappa shape index (κ2) is 7.82. The fourth-order valence-corrected chi connectivity index (χ4v) is 2.70. The third kappa shape index (κ3) is 4.80. The van der Waals surface area contributed by atoms with Gasteiger partial charge in [-0.1, -0.05) is 18.2 Å². The lowest BCUT2D eigenvalue weighted by molar-refractivity contribution is -0.137. The molecule has 0 radical (unpaired) electrons. The molecule has 0 amide bonds. The van der Waals surface area contributed by atoms with Crippen LogP contribution in [0, 0.1) is 0 Å². The van der Waals surface area contributed by atoms with Gasteiger partial charge < -0.3 is 26.5 Å². The molecule has 0 fully saturated rings. The minimum absolute atomic E-state index is 0.0216. The number of rotatable bonds is 5. The summed E-state index contributed by atoms with van der Waals surface area (Å²) in [5.74, 6) is 1.30. The fraction of sp³-hybridized carbons (Fsp3) is 0.0526. The molecule has 0 aliphatic rings. The molecule has 2 heterocycles. The third-order valence-corrected chi connectivity index (χ3v) is 4.01. The molecule has 0 aliphatic heterocycles. The number of nitrogens with two attached hydrogens (primary N) is 2. The summed E-state index contributed by atoms with van der Waals surface area (Å²) >= 11 is 0. The standard InChI is InChI=1S/C19H15F3N8O/c20-19(21,22)11-4-2-5-12(8-11)25-18-28-16(29-30-18)10-3-1-6-13(7-10)31-15-9-14(23)26-17(24)27-15/h1-9H,(H4,23,24,26,27)(H2,25,28,29,30). The first kappa shape index (κ1) is 19.9. The van der Waals surface area contributed by atoms with Crippen molar-refractivity contribution in [2.45, 2.75) is 6.18 Å². The number of alkyl halides is 3. The summed E-state index contributed by atoms with van der Waals surface area (Å²) in [5, 5.41) is 10.7. The number of anilines is 4. The summed E-state index contributed by atoms with van der Waals surface area (Å²) in [5.41, 5.74) is 11.3. The molecule has 0 aliphatic carbocycles. The van der Waals surface area contributed by atoms with Crippen LogP contribution in [0.3, 0.4) is 0 Å². The smallest absolute Gasteiger partial charge is 0.416 e. The zero-order valence-corrected chi connectivity index (χ0v) is 15.7. The summed E-state index contributed by atoms with van der Waals surface area (Å²) in [6.07, 6.45) is -4.44. The quantitative estimate of drug-likeness (QED) is 0.374. The Kier molecular flexibility index (Phi) is 5.03. The Bertz CT molecular complexity index is 1200. The predicted octanol–water partition coefficient (Wildman–Crippen LogP) is 3.98. The number of ether oxygens (including phenoxy) is 1. The van der Waals surface area contributed by atoms with E-state index < -0.39 is 11.7 Å². The van der Waals surface area contributed by atoms with E-state index in [4.69, 9.17) is 16.2 Å². The lowest BCUT2D eigenvalue weighted by Gasteiger charge is -2.08. The van der Waals surface area contributed by atoms with Gasteiger partial charge >= 0.3 is 6.18 Å². The fourth-order valence-electron chi connectivity index (χ4n) is 2.70. The predicted molar refractivity (Wildman–Crippen MR) is 107 cm³/mol. The van der Waals surface area contributed by atoms with Crippen molar-refractivity contribution in [3.8, 4) is 23.0 Å².